The van der Waals surface area contributed by atoms with Gasteiger partial charge < -0.3 is 9.84 Å². The summed E-state index contributed by atoms with van der Waals surface area (Å²) in [5.74, 6) is 1.83. The van der Waals surface area contributed by atoms with Crippen molar-refractivity contribution in [3.05, 3.63) is 53.2 Å². The summed E-state index contributed by atoms with van der Waals surface area (Å²) in [4.78, 5) is 4.49. The minimum absolute atomic E-state index is 0.00110. The molecule has 21 heavy (non-hydrogen) atoms. The van der Waals surface area contributed by atoms with Crippen LogP contribution in [0.4, 0.5) is 0 Å². The summed E-state index contributed by atoms with van der Waals surface area (Å²) in [5, 5.41) is 9.35. The summed E-state index contributed by atoms with van der Waals surface area (Å²) in [5.41, 5.74) is 2.95. The highest BCUT2D eigenvalue weighted by Crippen LogP contribution is 2.31. The quantitative estimate of drug-likeness (QED) is 0.853. The number of hydrogen-bond donors (Lipinski definition) is 1. The van der Waals surface area contributed by atoms with Crippen molar-refractivity contribution in [2.24, 2.45) is 0 Å². The number of benzene rings is 1. The standard InChI is InChI=1S/C18H23NO2/c1-4-13(3)16-8-6-7-9-17(16)21-18-11-14(12-20)10-15(5-2)19-18/h6-11,13,20H,4-5,12H2,1-3H3. The maximum absolute atomic E-state index is 9.35. The Labute approximate surface area is 126 Å². The smallest absolute Gasteiger partial charge is 0.219 e. The van der Waals surface area contributed by atoms with Crippen molar-refractivity contribution in [3.63, 3.8) is 0 Å². The second-order valence-electron chi connectivity index (χ2n) is 5.27. The number of para-hydroxylation sites is 1. The number of nitrogens with zero attached hydrogens (tertiary/aromatic N) is 1. The molecular weight excluding hydrogens is 262 g/mol. The number of hydrogen-bond acceptors (Lipinski definition) is 3. The highest BCUT2D eigenvalue weighted by Gasteiger charge is 2.11. The van der Waals surface area contributed by atoms with Crippen LogP contribution in [0.15, 0.2) is 36.4 Å². The lowest BCUT2D eigenvalue weighted by atomic mass is 9.98. The molecule has 0 fully saturated rings. The van der Waals surface area contributed by atoms with E-state index < -0.39 is 0 Å². The highest BCUT2D eigenvalue weighted by molar-refractivity contribution is 5.39. The number of aryl methyl sites for hydroxylation is 1. The zero-order valence-corrected chi connectivity index (χ0v) is 13.0. The third-order valence-corrected chi connectivity index (χ3v) is 3.74. The molecule has 0 amide bonds. The fourth-order valence-electron chi connectivity index (χ4n) is 2.26. The van der Waals surface area contributed by atoms with E-state index in [-0.39, 0.29) is 6.61 Å². The van der Waals surface area contributed by atoms with E-state index in [0.29, 0.717) is 11.8 Å². The van der Waals surface area contributed by atoms with Crippen LogP contribution in [0.2, 0.25) is 0 Å². The Balaban J connectivity index is 2.34. The van der Waals surface area contributed by atoms with Gasteiger partial charge in [-0.1, -0.05) is 39.0 Å². The third kappa shape index (κ3) is 3.82. The van der Waals surface area contributed by atoms with Crippen molar-refractivity contribution in [1.82, 2.24) is 4.98 Å². The van der Waals surface area contributed by atoms with E-state index in [1.165, 1.54) is 5.56 Å². The summed E-state index contributed by atoms with van der Waals surface area (Å²) < 4.78 is 6.00. The number of ether oxygens (including phenoxy) is 1. The summed E-state index contributed by atoms with van der Waals surface area (Å²) in [7, 11) is 0. The normalized spacial score (nSPS) is 12.2. The summed E-state index contributed by atoms with van der Waals surface area (Å²) >= 11 is 0. The fraction of sp³-hybridized carbons (Fsp3) is 0.389. The first kappa shape index (κ1) is 15.5. The van der Waals surface area contributed by atoms with Crippen LogP contribution in [-0.4, -0.2) is 10.1 Å². The number of aromatic nitrogens is 1. The van der Waals surface area contributed by atoms with E-state index in [2.05, 4.69) is 24.9 Å². The second-order valence-corrected chi connectivity index (χ2v) is 5.27. The molecule has 0 saturated heterocycles. The SMILES string of the molecule is CCc1cc(CO)cc(Oc2ccccc2C(C)CC)n1. The van der Waals surface area contributed by atoms with Crippen LogP contribution in [0.5, 0.6) is 11.6 Å². The predicted molar refractivity (Wildman–Crippen MR) is 84.8 cm³/mol. The van der Waals surface area contributed by atoms with Gasteiger partial charge in [0.2, 0.25) is 5.88 Å². The van der Waals surface area contributed by atoms with Gasteiger partial charge in [0, 0.05) is 11.8 Å². The molecule has 3 nitrogen and oxygen atoms in total. The van der Waals surface area contributed by atoms with Gasteiger partial charge in [-0.15, -0.1) is 0 Å². The van der Waals surface area contributed by atoms with Crippen molar-refractivity contribution >= 4 is 0 Å². The second kappa shape index (κ2) is 7.23. The minimum Gasteiger partial charge on any atom is -0.439 e. The van der Waals surface area contributed by atoms with Gasteiger partial charge in [0.25, 0.3) is 0 Å². The topological polar surface area (TPSA) is 42.4 Å². The average Bonchev–Trinajstić information content (AvgIpc) is 2.54. The molecule has 0 aliphatic carbocycles. The Bertz CT molecular complexity index is 573. The number of aliphatic hydroxyl groups is 1. The third-order valence-electron chi connectivity index (χ3n) is 3.74. The molecule has 2 aromatic rings. The van der Waals surface area contributed by atoms with Gasteiger partial charge in [-0.2, -0.15) is 0 Å². The Kier molecular flexibility index (Phi) is 5.34. The van der Waals surface area contributed by atoms with E-state index in [1.807, 2.05) is 31.2 Å². The van der Waals surface area contributed by atoms with Crippen LogP contribution < -0.4 is 4.74 Å². The molecule has 1 heterocycles. The Morgan fingerprint density at radius 3 is 2.62 bits per heavy atom. The molecular formula is C18H23NO2. The molecule has 1 unspecified atom stereocenters. The Hall–Kier alpha value is -1.87. The summed E-state index contributed by atoms with van der Waals surface area (Å²) in [6.45, 7) is 6.40. The van der Waals surface area contributed by atoms with Crippen molar-refractivity contribution in [3.8, 4) is 11.6 Å². The van der Waals surface area contributed by atoms with Crippen LogP contribution in [-0.2, 0) is 13.0 Å². The maximum atomic E-state index is 9.35. The molecule has 1 atom stereocenters. The van der Waals surface area contributed by atoms with Crippen LogP contribution in [0.1, 0.15) is 49.9 Å². The Morgan fingerprint density at radius 1 is 1.19 bits per heavy atom. The zero-order valence-electron chi connectivity index (χ0n) is 13.0. The lowest BCUT2D eigenvalue weighted by Crippen LogP contribution is -1.99. The minimum atomic E-state index is -0.00110. The molecule has 112 valence electrons. The van der Waals surface area contributed by atoms with Gasteiger partial charge in [-0.25, -0.2) is 4.98 Å². The summed E-state index contributed by atoms with van der Waals surface area (Å²) in [6.07, 6.45) is 1.88. The van der Waals surface area contributed by atoms with Crippen LogP contribution in [0.3, 0.4) is 0 Å². The van der Waals surface area contributed by atoms with Gasteiger partial charge in [0.1, 0.15) is 5.75 Å². The highest BCUT2D eigenvalue weighted by atomic mass is 16.5. The fourth-order valence-corrected chi connectivity index (χ4v) is 2.26. The molecule has 2 rings (SSSR count). The molecule has 0 spiro atoms. The Morgan fingerprint density at radius 2 is 1.95 bits per heavy atom. The zero-order chi connectivity index (χ0) is 15.2. The summed E-state index contributed by atoms with van der Waals surface area (Å²) in [6, 6.07) is 11.8. The van der Waals surface area contributed by atoms with Gasteiger partial charge in [-0.05, 0) is 42.0 Å². The van der Waals surface area contributed by atoms with Gasteiger partial charge in [-0.3, -0.25) is 0 Å². The van der Waals surface area contributed by atoms with Gasteiger partial charge in [0.05, 0.1) is 6.61 Å². The van der Waals surface area contributed by atoms with Crippen LogP contribution >= 0.6 is 0 Å². The molecule has 1 aromatic heterocycles. The molecule has 0 radical (unpaired) electrons. The van der Waals surface area contributed by atoms with E-state index in [0.717, 1.165) is 29.8 Å². The lowest BCUT2D eigenvalue weighted by Gasteiger charge is -2.15. The van der Waals surface area contributed by atoms with E-state index in [1.54, 1.807) is 6.07 Å². The van der Waals surface area contributed by atoms with E-state index >= 15 is 0 Å². The molecule has 0 saturated carbocycles. The van der Waals surface area contributed by atoms with Crippen molar-refractivity contribution in [2.45, 2.75) is 46.1 Å². The molecule has 0 bridgehead atoms. The van der Waals surface area contributed by atoms with Gasteiger partial charge >= 0.3 is 0 Å². The molecule has 3 heteroatoms. The van der Waals surface area contributed by atoms with Crippen molar-refractivity contribution in [1.29, 1.82) is 0 Å². The first-order chi connectivity index (χ1) is 10.2. The number of aliphatic hydroxyl groups excluding tert-OH is 1. The van der Waals surface area contributed by atoms with E-state index in [9.17, 15) is 5.11 Å². The van der Waals surface area contributed by atoms with Crippen molar-refractivity contribution < 1.29 is 9.84 Å². The predicted octanol–water partition coefficient (Wildman–Crippen LogP) is 4.44. The first-order valence-electron chi connectivity index (χ1n) is 7.55. The first-order valence-corrected chi connectivity index (χ1v) is 7.55. The average molecular weight is 285 g/mol. The molecule has 0 aliphatic heterocycles. The largest absolute Gasteiger partial charge is 0.439 e. The van der Waals surface area contributed by atoms with E-state index in [4.69, 9.17) is 4.74 Å². The molecule has 0 aliphatic rings. The monoisotopic (exact) mass is 285 g/mol. The molecule has 1 N–H and O–H groups in total. The number of pyridine rings is 1. The van der Waals surface area contributed by atoms with Crippen LogP contribution in [0, 0.1) is 0 Å². The van der Waals surface area contributed by atoms with Gasteiger partial charge in [0.15, 0.2) is 0 Å². The maximum Gasteiger partial charge on any atom is 0.219 e. The molecule has 1 aromatic carbocycles. The van der Waals surface area contributed by atoms with Crippen molar-refractivity contribution in [2.75, 3.05) is 0 Å². The lowest BCUT2D eigenvalue weighted by molar-refractivity contribution is 0.280. The number of rotatable bonds is 6. The van der Waals surface area contributed by atoms with Crippen LogP contribution in [0.25, 0.3) is 0 Å².